The van der Waals surface area contributed by atoms with Crippen molar-refractivity contribution in [3.63, 3.8) is 0 Å². The number of carbonyl (C=O) groups is 2. The summed E-state index contributed by atoms with van der Waals surface area (Å²) in [5.41, 5.74) is 3.51. The standard InChI is InChI=1S/C27H20N2O5/c1-15-5-4-6-16(11-15)24-23(25(30)19-13-28-20-8-3-2-7-18(19)20)26(31)27(32)29(24)17-9-10-21-22(12-17)34-14-33-21/h2-13,24,28,30H,14H2,1H3/b25-23-. The number of Topliss-reactive ketones (excluding diaryl/α,β-unsaturated/α-hetero) is 1. The Hall–Kier alpha value is -4.52. The van der Waals surface area contributed by atoms with E-state index in [0.717, 1.165) is 22.0 Å². The molecule has 7 heteroatoms. The Morgan fingerprint density at radius 3 is 2.68 bits per heavy atom. The lowest BCUT2D eigenvalue weighted by molar-refractivity contribution is -0.132. The lowest BCUT2D eigenvalue weighted by Gasteiger charge is -2.25. The van der Waals surface area contributed by atoms with Gasteiger partial charge in [0.2, 0.25) is 6.79 Å². The fourth-order valence-electron chi connectivity index (χ4n) is 4.70. The fraction of sp³-hybridized carbons (Fsp3) is 0.111. The highest BCUT2D eigenvalue weighted by atomic mass is 16.7. The molecule has 3 aromatic carbocycles. The zero-order chi connectivity index (χ0) is 23.4. The number of nitrogens with one attached hydrogen (secondary N) is 1. The summed E-state index contributed by atoms with van der Waals surface area (Å²) in [7, 11) is 0. The number of rotatable bonds is 3. The maximum Gasteiger partial charge on any atom is 0.300 e. The number of amides is 1. The zero-order valence-electron chi connectivity index (χ0n) is 18.2. The van der Waals surface area contributed by atoms with Gasteiger partial charge in [-0.1, -0.05) is 48.0 Å². The van der Waals surface area contributed by atoms with Crippen molar-refractivity contribution in [2.24, 2.45) is 0 Å². The second-order valence-corrected chi connectivity index (χ2v) is 8.37. The Morgan fingerprint density at radius 1 is 1.00 bits per heavy atom. The number of aliphatic hydroxyl groups is 1. The normalized spacial score (nSPS) is 18.7. The maximum atomic E-state index is 13.4. The summed E-state index contributed by atoms with van der Waals surface area (Å²) in [4.78, 5) is 31.3. The maximum absolute atomic E-state index is 13.4. The van der Waals surface area contributed by atoms with Crippen LogP contribution in [-0.2, 0) is 9.59 Å². The minimum atomic E-state index is -0.811. The van der Waals surface area contributed by atoms with E-state index in [4.69, 9.17) is 9.47 Å². The second-order valence-electron chi connectivity index (χ2n) is 8.37. The van der Waals surface area contributed by atoms with Gasteiger partial charge in [0.05, 0.1) is 11.6 Å². The molecule has 7 nitrogen and oxygen atoms in total. The largest absolute Gasteiger partial charge is 0.507 e. The molecule has 6 rings (SSSR count). The summed E-state index contributed by atoms with van der Waals surface area (Å²) in [6.07, 6.45) is 1.65. The van der Waals surface area contributed by atoms with E-state index in [-0.39, 0.29) is 18.1 Å². The summed E-state index contributed by atoms with van der Waals surface area (Å²) in [5, 5.41) is 12.2. The number of fused-ring (bicyclic) bond motifs is 2. The third-order valence-corrected chi connectivity index (χ3v) is 6.28. The number of anilines is 1. The summed E-state index contributed by atoms with van der Waals surface area (Å²) in [6.45, 7) is 2.04. The van der Waals surface area contributed by atoms with Gasteiger partial charge in [-0.05, 0) is 30.7 Å². The van der Waals surface area contributed by atoms with Crippen molar-refractivity contribution < 1.29 is 24.2 Å². The number of aromatic nitrogens is 1. The number of aliphatic hydroxyl groups excluding tert-OH is 1. The predicted molar refractivity (Wildman–Crippen MR) is 127 cm³/mol. The van der Waals surface area contributed by atoms with E-state index in [1.54, 1.807) is 24.4 Å². The van der Waals surface area contributed by atoms with E-state index in [9.17, 15) is 14.7 Å². The molecular weight excluding hydrogens is 432 g/mol. The number of hydrogen-bond acceptors (Lipinski definition) is 5. The van der Waals surface area contributed by atoms with Crippen LogP contribution in [0, 0.1) is 6.92 Å². The molecule has 0 bridgehead atoms. The van der Waals surface area contributed by atoms with E-state index in [2.05, 4.69) is 4.98 Å². The van der Waals surface area contributed by atoms with Crippen LogP contribution < -0.4 is 14.4 Å². The topological polar surface area (TPSA) is 91.9 Å². The van der Waals surface area contributed by atoms with Gasteiger partial charge in [-0.3, -0.25) is 14.5 Å². The van der Waals surface area contributed by atoms with Crippen LogP contribution in [0.5, 0.6) is 11.5 Å². The minimum absolute atomic E-state index is 0.0398. The Bertz CT molecular complexity index is 1520. The van der Waals surface area contributed by atoms with Gasteiger partial charge in [0.15, 0.2) is 11.5 Å². The lowest BCUT2D eigenvalue weighted by atomic mass is 9.94. The van der Waals surface area contributed by atoms with E-state index in [0.29, 0.717) is 22.7 Å². The highest BCUT2D eigenvalue weighted by Crippen LogP contribution is 2.45. The fourth-order valence-corrected chi connectivity index (χ4v) is 4.70. The van der Waals surface area contributed by atoms with Crippen LogP contribution in [0.25, 0.3) is 16.7 Å². The molecule has 168 valence electrons. The van der Waals surface area contributed by atoms with Gasteiger partial charge < -0.3 is 19.6 Å². The smallest absolute Gasteiger partial charge is 0.300 e. The van der Waals surface area contributed by atoms with Gasteiger partial charge in [0.25, 0.3) is 11.7 Å². The first-order valence-corrected chi connectivity index (χ1v) is 10.9. The molecule has 4 aromatic rings. The van der Waals surface area contributed by atoms with E-state index >= 15 is 0 Å². The molecule has 1 unspecified atom stereocenters. The van der Waals surface area contributed by atoms with E-state index in [1.165, 1.54) is 4.90 Å². The summed E-state index contributed by atoms with van der Waals surface area (Å²) in [6, 6.07) is 19.4. The van der Waals surface area contributed by atoms with Crippen LogP contribution in [0.15, 0.2) is 78.5 Å². The number of carbonyl (C=O) groups excluding carboxylic acids is 2. The van der Waals surface area contributed by atoms with Crippen molar-refractivity contribution in [2.45, 2.75) is 13.0 Å². The zero-order valence-corrected chi connectivity index (χ0v) is 18.2. The van der Waals surface area contributed by atoms with Gasteiger partial charge in [0, 0.05) is 34.4 Å². The molecular formula is C27H20N2O5. The number of nitrogens with zero attached hydrogens (tertiary/aromatic N) is 1. The van der Waals surface area contributed by atoms with Crippen LogP contribution in [0.2, 0.25) is 0 Å². The number of H-pyrrole nitrogens is 1. The molecule has 0 aliphatic carbocycles. The average Bonchev–Trinajstić information content (AvgIpc) is 3.55. The van der Waals surface area contributed by atoms with Crippen molar-refractivity contribution >= 4 is 34.0 Å². The van der Waals surface area contributed by atoms with Gasteiger partial charge >= 0.3 is 0 Å². The molecule has 1 saturated heterocycles. The quantitative estimate of drug-likeness (QED) is 0.264. The van der Waals surface area contributed by atoms with Crippen LogP contribution in [0.1, 0.15) is 22.7 Å². The number of ketones is 1. The van der Waals surface area contributed by atoms with Crippen LogP contribution in [0.3, 0.4) is 0 Å². The number of hydrogen-bond donors (Lipinski definition) is 2. The molecule has 2 N–H and O–H groups in total. The summed E-state index contributed by atoms with van der Waals surface area (Å²) in [5.74, 6) is -0.602. The van der Waals surface area contributed by atoms with Crippen molar-refractivity contribution in [1.29, 1.82) is 0 Å². The van der Waals surface area contributed by atoms with Gasteiger partial charge in [-0.15, -0.1) is 0 Å². The first kappa shape index (κ1) is 20.1. The van der Waals surface area contributed by atoms with Crippen molar-refractivity contribution in [3.8, 4) is 11.5 Å². The van der Waals surface area contributed by atoms with Gasteiger partial charge in [-0.25, -0.2) is 0 Å². The van der Waals surface area contributed by atoms with E-state index < -0.39 is 17.7 Å². The molecule has 0 saturated carbocycles. The molecule has 1 fully saturated rings. The van der Waals surface area contributed by atoms with Crippen LogP contribution >= 0.6 is 0 Å². The van der Waals surface area contributed by atoms with Crippen molar-refractivity contribution in [1.82, 2.24) is 4.98 Å². The van der Waals surface area contributed by atoms with Crippen molar-refractivity contribution in [2.75, 3.05) is 11.7 Å². The minimum Gasteiger partial charge on any atom is -0.507 e. The van der Waals surface area contributed by atoms with Gasteiger partial charge in [-0.2, -0.15) is 0 Å². The molecule has 34 heavy (non-hydrogen) atoms. The van der Waals surface area contributed by atoms with E-state index in [1.807, 2.05) is 55.5 Å². The van der Waals surface area contributed by atoms with Crippen LogP contribution in [-0.4, -0.2) is 28.6 Å². The highest BCUT2D eigenvalue weighted by molar-refractivity contribution is 6.51. The predicted octanol–water partition coefficient (Wildman–Crippen LogP) is 4.83. The second kappa shape index (κ2) is 7.52. The summed E-state index contributed by atoms with van der Waals surface area (Å²) < 4.78 is 10.9. The number of aryl methyl sites for hydroxylation is 1. The molecule has 2 aliphatic rings. The number of ether oxygens (including phenoxy) is 2. The third-order valence-electron chi connectivity index (χ3n) is 6.28. The lowest BCUT2D eigenvalue weighted by Crippen LogP contribution is -2.29. The number of aromatic amines is 1. The van der Waals surface area contributed by atoms with Crippen molar-refractivity contribution in [3.05, 3.63) is 95.2 Å². The highest BCUT2D eigenvalue weighted by Gasteiger charge is 2.47. The molecule has 0 spiro atoms. The number of benzene rings is 3. The number of para-hydroxylation sites is 1. The molecule has 1 amide bonds. The van der Waals surface area contributed by atoms with Crippen LogP contribution in [0.4, 0.5) is 5.69 Å². The third kappa shape index (κ3) is 2.97. The first-order chi connectivity index (χ1) is 16.5. The average molecular weight is 452 g/mol. The Morgan fingerprint density at radius 2 is 1.82 bits per heavy atom. The molecule has 1 atom stereocenters. The Balaban J connectivity index is 1.58. The molecule has 2 aliphatic heterocycles. The summed E-state index contributed by atoms with van der Waals surface area (Å²) >= 11 is 0. The van der Waals surface area contributed by atoms with Gasteiger partial charge in [0.1, 0.15) is 5.76 Å². The molecule has 3 heterocycles. The SMILES string of the molecule is Cc1cccc(C2/C(=C(/O)c3c[nH]c4ccccc34)C(=O)C(=O)N2c2ccc3c(c2)OCO3)c1. The molecule has 0 radical (unpaired) electrons. The Kier molecular flexibility index (Phi) is 4.45. The first-order valence-electron chi connectivity index (χ1n) is 10.9. The monoisotopic (exact) mass is 452 g/mol. The molecule has 1 aromatic heterocycles. The Labute approximate surface area is 194 Å².